The fourth-order valence-electron chi connectivity index (χ4n) is 1.91. The quantitative estimate of drug-likeness (QED) is 0.829. The molecule has 0 saturated heterocycles. The predicted molar refractivity (Wildman–Crippen MR) is 96.3 cm³/mol. The van der Waals surface area contributed by atoms with Gasteiger partial charge in [0.25, 0.3) is 5.91 Å². The van der Waals surface area contributed by atoms with Crippen LogP contribution in [0.5, 0.6) is 0 Å². The van der Waals surface area contributed by atoms with Gasteiger partial charge >= 0.3 is 0 Å². The molecule has 2 aromatic rings. The third-order valence-electron chi connectivity index (χ3n) is 3.13. The molecule has 4 nitrogen and oxygen atoms in total. The molecule has 5 heteroatoms. The summed E-state index contributed by atoms with van der Waals surface area (Å²) in [4.78, 5) is 25.2. The average Bonchev–Trinajstić information content (AvgIpc) is 2.54. The zero-order chi connectivity index (χ0) is 16.8. The van der Waals surface area contributed by atoms with Crippen LogP contribution < -0.4 is 5.32 Å². The van der Waals surface area contributed by atoms with E-state index < -0.39 is 0 Å². The molecule has 0 atom stereocenters. The lowest BCUT2D eigenvalue weighted by atomic mass is 10.2. The van der Waals surface area contributed by atoms with Crippen LogP contribution in [0.15, 0.2) is 59.1 Å². The number of nitrogens with one attached hydrogen (secondary N) is 1. The minimum Gasteiger partial charge on any atom is -0.345 e. The molecule has 0 aliphatic heterocycles. The standard InChI is InChI=1S/C18H17BrN2O2/c1-21(2)18(23)14-7-10-15(11-8-14)20-17(22)12-9-13-5-3-4-6-16(13)19/h3-12H,1-2H3,(H,20,22). The topological polar surface area (TPSA) is 49.4 Å². The van der Waals surface area contributed by atoms with Crippen LogP contribution in [0, 0.1) is 0 Å². The molecular weight excluding hydrogens is 356 g/mol. The van der Waals surface area contributed by atoms with Gasteiger partial charge < -0.3 is 10.2 Å². The summed E-state index contributed by atoms with van der Waals surface area (Å²) in [7, 11) is 3.40. The number of carbonyl (C=O) groups is 2. The molecule has 0 spiro atoms. The fraction of sp³-hybridized carbons (Fsp3) is 0.111. The zero-order valence-electron chi connectivity index (χ0n) is 12.9. The minimum absolute atomic E-state index is 0.0725. The van der Waals surface area contributed by atoms with Crippen LogP contribution in [0.25, 0.3) is 6.08 Å². The number of amides is 2. The maximum Gasteiger partial charge on any atom is 0.253 e. The minimum atomic E-state index is -0.229. The smallest absolute Gasteiger partial charge is 0.253 e. The van der Waals surface area contributed by atoms with Crippen LogP contribution in [0.2, 0.25) is 0 Å². The maximum absolute atomic E-state index is 11.9. The van der Waals surface area contributed by atoms with Gasteiger partial charge in [0.15, 0.2) is 0 Å². The molecule has 23 heavy (non-hydrogen) atoms. The number of hydrogen-bond acceptors (Lipinski definition) is 2. The lowest BCUT2D eigenvalue weighted by molar-refractivity contribution is -0.111. The molecule has 0 heterocycles. The van der Waals surface area contributed by atoms with Crippen molar-refractivity contribution in [2.45, 2.75) is 0 Å². The van der Waals surface area contributed by atoms with Crippen molar-refractivity contribution in [3.05, 3.63) is 70.2 Å². The zero-order valence-corrected chi connectivity index (χ0v) is 14.5. The summed E-state index contributed by atoms with van der Waals surface area (Å²) in [5, 5.41) is 2.76. The summed E-state index contributed by atoms with van der Waals surface area (Å²) in [6.07, 6.45) is 3.21. The molecule has 0 aliphatic rings. The fourth-order valence-corrected chi connectivity index (χ4v) is 2.33. The van der Waals surface area contributed by atoms with Crippen LogP contribution in [-0.4, -0.2) is 30.8 Å². The molecule has 0 aliphatic carbocycles. The summed E-state index contributed by atoms with van der Waals surface area (Å²) in [5.74, 6) is -0.302. The van der Waals surface area contributed by atoms with Gasteiger partial charge in [-0.25, -0.2) is 0 Å². The van der Waals surface area contributed by atoms with E-state index in [0.717, 1.165) is 10.0 Å². The van der Waals surface area contributed by atoms with Crippen LogP contribution in [0.1, 0.15) is 15.9 Å². The number of nitrogens with zero attached hydrogens (tertiary/aromatic N) is 1. The molecule has 2 amide bonds. The van der Waals surface area contributed by atoms with Crippen LogP contribution >= 0.6 is 15.9 Å². The second-order valence-electron chi connectivity index (χ2n) is 5.12. The van der Waals surface area contributed by atoms with Crippen molar-refractivity contribution in [3.8, 4) is 0 Å². The lowest BCUT2D eigenvalue weighted by Gasteiger charge is -2.10. The Morgan fingerprint density at radius 3 is 2.30 bits per heavy atom. The Balaban J connectivity index is 2.01. The van der Waals surface area contributed by atoms with Gasteiger partial charge in [-0.15, -0.1) is 0 Å². The highest BCUT2D eigenvalue weighted by molar-refractivity contribution is 9.10. The second-order valence-corrected chi connectivity index (χ2v) is 5.98. The molecule has 0 fully saturated rings. The molecule has 0 radical (unpaired) electrons. The Kier molecular flexibility index (Phi) is 5.71. The van der Waals surface area contributed by atoms with Crippen LogP contribution in [-0.2, 0) is 4.79 Å². The van der Waals surface area contributed by atoms with Gasteiger partial charge in [0.1, 0.15) is 0 Å². The Morgan fingerprint density at radius 2 is 1.70 bits per heavy atom. The molecule has 2 aromatic carbocycles. The molecular formula is C18H17BrN2O2. The molecule has 0 saturated carbocycles. The van der Waals surface area contributed by atoms with Crippen molar-refractivity contribution >= 4 is 39.5 Å². The number of carbonyl (C=O) groups excluding carboxylic acids is 2. The number of anilines is 1. The van der Waals surface area contributed by atoms with Crippen LogP contribution in [0.3, 0.4) is 0 Å². The number of halogens is 1. The van der Waals surface area contributed by atoms with E-state index in [1.165, 1.54) is 11.0 Å². The Morgan fingerprint density at radius 1 is 1.04 bits per heavy atom. The van der Waals surface area contributed by atoms with Gasteiger partial charge in [0, 0.05) is 35.9 Å². The first-order valence-electron chi connectivity index (χ1n) is 7.02. The van der Waals surface area contributed by atoms with Gasteiger partial charge in [0.2, 0.25) is 5.91 Å². The van der Waals surface area contributed by atoms with Crippen molar-refractivity contribution in [2.24, 2.45) is 0 Å². The first-order valence-corrected chi connectivity index (χ1v) is 7.82. The van der Waals surface area contributed by atoms with Gasteiger partial charge in [0.05, 0.1) is 0 Å². The summed E-state index contributed by atoms with van der Waals surface area (Å²) >= 11 is 3.43. The third-order valence-corrected chi connectivity index (χ3v) is 3.85. The highest BCUT2D eigenvalue weighted by atomic mass is 79.9. The van der Waals surface area contributed by atoms with E-state index in [9.17, 15) is 9.59 Å². The van der Waals surface area contributed by atoms with E-state index >= 15 is 0 Å². The number of benzene rings is 2. The largest absolute Gasteiger partial charge is 0.345 e. The van der Waals surface area contributed by atoms with E-state index in [1.54, 1.807) is 44.4 Å². The predicted octanol–water partition coefficient (Wildman–Crippen LogP) is 3.80. The van der Waals surface area contributed by atoms with Gasteiger partial charge in [-0.2, -0.15) is 0 Å². The molecule has 0 bridgehead atoms. The van der Waals surface area contributed by atoms with E-state index in [-0.39, 0.29) is 11.8 Å². The number of hydrogen-bond donors (Lipinski definition) is 1. The summed E-state index contributed by atoms with van der Waals surface area (Å²) in [6.45, 7) is 0. The second kappa shape index (κ2) is 7.74. The van der Waals surface area contributed by atoms with Gasteiger partial charge in [-0.05, 0) is 42.0 Å². The Labute approximate surface area is 143 Å². The summed E-state index contributed by atoms with van der Waals surface area (Å²) in [6, 6.07) is 14.4. The maximum atomic E-state index is 11.9. The molecule has 0 unspecified atom stereocenters. The Hall–Kier alpha value is -2.40. The van der Waals surface area contributed by atoms with E-state index in [1.807, 2.05) is 24.3 Å². The first-order chi connectivity index (χ1) is 11.0. The highest BCUT2D eigenvalue weighted by Gasteiger charge is 2.07. The van der Waals surface area contributed by atoms with Gasteiger partial charge in [-0.1, -0.05) is 34.1 Å². The number of rotatable bonds is 4. The average molecular weight is 373 g/mol. The third kappa shape index (κ3) is 4.79. The monoisotopic (exact) mass is 372 g/mol. The lowest BCUT2D eigenvalue weighted by Crippen LogP contribution is -2.21. The molecule has 1 N–H and O–H groups in total. The van der Waals surface area contributed by atoms with E-state index in [2.05, 4.69) is 21.2 Å². The van der Waals surface area contributed by atoms with Crippen molar-refractivity contribution < 1.29 is 9.59 Å². The van der Waals surface area contributed by atoms with Crippen LogP contribution in [0.4, 0.5) is 5.69 Å². The van der Waals surface area contributed by atoms with E-state index in [0.29, 0.717) is 11.3 Å². The van der Waals surface area contributed by atoms with Gasteiger partial charge in [-0.3, -0.25) is 9.59 Å². The molecule has 118 valence electrons. The van der Waals surface area contributed by atoms with Crippen molar-refractivity contribution in [2.75, 3.05) is 19.4 Å². The summed E-state index contributed by atoms with van der Waals surface area (Å²) in [5.41, 5.74) is 2.15. The van der Waals surface area contributed by atoms with Crippen molar-refractivity contribution in [3.63, 3.8) is 0 Å². The molecule has 0 aromatic heterocycles. The highest BCUT2D eigenvalue weighted by Crippen LogP contribution is 2.17. The Bertz CT molecular complexity index is 737. The summed E-state index contributed by atoms with van der Waals surface area (Å²) < 4.78 is 0.926. The van der Waals surface area contributed by atoms with Crippen molar-refractivity contribution in [1.29, 1.82) is 0 Å². The first kappa shape index (κ1) is 17.0. The molecule has 2 rings (SSSR count). The van der Waals surface area contributed by atoms with Crippen molar-refractivity contribution in [1.82, 2.24) is 4.90 Å². The SMILES string of the molecule is CN(C)C(=O)c1ccc(NC(=O)C=Cc2ccccc2Br)cc1. The van der Waals surface area contributed by atoms with E-state index in [4.69, 9.17) is 0 Å². The normalized spacial score (nSPS) is 10.6.